The average molecular weight is 222 g/mol. The fraction of sp³-hybridized carbons (Fsp3) is 0.500. The second kappa shape index (κ2) is 6.82. The van der Waals surface area contributed by atoms with Crippen LogP contribution in [0.15, 0.2) is 18.3 Å². The molecule has 88 valence electrons. The Morgan fingerprint density at radius 1 is 1.38 bits per heavy atom. The van der Waals surface area contributed by atoms with Crippen molar-refractivity contribution in [3.8, 4) is 0 Å². The number of aromatic carboxylic acids is 1. The Kier molecular flexibility index (Phi) is 5.32. The molecule has 0 amide bonds. The molecule has 0 aliphatic rings. The SMILES string of the molecule is CCCCCCNc1ccc(C(=O)O)nc1. The van der Waals surface area contributed by atoms with Crippen LogP contribution in [0.4, 0.5) is 5.69 Å². The van der Waals surface area contributed by atoms with Crippen molar-refractivity contribution in [1.82, 2.24) is 4.98 Å². The predicted molar refractivity (Wildman–Crippen MR) is 63.8 cm³/mol. The third kappa shape index (κ3) is 4.29. The van der Waals surface area contributed by atoms with Crippen molar-refractivity contribution >= 4 is 11.7 Å². The summed E-state index contributed by atoms with van der Waals surface area (Å²) in [5.41, 5.74) is 0.957. The summed E-state index contributed by atoms with van der Waals surface area (Å²) < 4.78 is 0. The zero-order valence-electron chi connectivity index (χ0n) is 9.57. The number of carbonyl (C=O) groups is 1. The predicted octanol–water partition coefficient (Wildman–Crippen LogP) is 2.77. The first-order chi connectivity index (χ1) is 7.74. The highest BCUT2D eigenvalue weighted by Gasteiger charge is 2.02. The Morgan fingerprint density at radius 3 is 2.75 bits per heavy atom. The topological polar surface area (TPSA) is 62.2 Å². The molecule has 16 heavy (non-hydrogen) atoms. The monoisotopic (exact) mass is 222 g/mol. The fourth-order valence-corrected chi connectivity index (χ4v) is 1.41. The van der Waals surface area contributed by atoms with E-state index in [0.717, 1.165) is 18.7 Å². The summed E-state index contributed by atoms with van der Waals surface area (Å²) in [6.07, 6.45) is 6.41. The van der Waals surface area contributed by atoms with E-state index in [1.165, 1.54) is 25.3 Å². The summed E-state index contributed by atoms with van der Waals surface area (Å²) in [4.78, 5) is 14.4. The molecular formula is C12H18N2O2. The summed E-state index contributed by atoms with van der Waals surface area (Å²) in [7, 11) is 0. The first kappa shape index (κ1) is 12.5. The number of anilines is 1. The lowest BCUT2D eigenvalue weighted by atomic mass is 10.2. The Morgan fingerprint density at radius 2 is 2.19 bits per heavy atom. The number of rotatable bonds is 7. The minimum Gasteiger partial charge on any atom is -0.477 e. The number of nitrogens with zero attached hydrogens (tertiary/aromatic N) is 1. The van der Waals surface area contributed by atoms with Gasteiger partial charge in [0.2, 0.25) is 0 Å². The Labute approximate surface area is 95.7 Å². The van der Waals surface area contributed by atoms with Gasteiger partial charge in [-0.1, -0.05) is 26.2 Å². The van der Waals surface area contributed by atoms with Crippen molar-refractivity contribution in [3.05, 3.63) is 24.0 Å². The van der Waals surface area contributed by atoms with Gasteiger partial charge in [-0.2, -0.15) is 0 Å². The molecule has 0 unspecified atom stereocenters. The molecule has 0 aliphatic heterocycles. The summed E-state index contributed by atoms with van der Waals surface area (Å²) in [5.74, 6) is -0.991. The summed E-state index contributed by atoms with van der Waals surface area (Å²) in [6.45, 7) is 3.09. The van der Waals surface area contributed by atoms with Crippen LogP contribution >= 0.6 is 0 Å². The highest BCUT2D eigenvalue weighted by molar-refractivity contribution is 5.85. The highest BCUT2D eigenvalue weighted by atomic mass is 16.4. The van der Waals surface area contributed by atoms with Crippen LogP contribution in [0.1, 0.15) is 43.1 Å². The first-order valence-corrected chi connectivity index (χ1v) is 5.67. The van der Waals surface area contributed by atoms with E-state index in [0.29, 0.717) is 0 Å². The molecule has 0 atom stereocenters. The second-order valence-electron chi connectivity index (χ2n) is 3.72. The molecule has 0 aliphatic carbocycles. The van der Waals surface area contributed by atoms with E-state index in [-0.39, 0.29) is 5.69 Å². The molecule has 0 spiro atoms. The van der Waals surface area contributed by atoms with E-state index in [4.69, 9.17) is 5.11 Å². The van der Waals surface area contributed by atoms with Crippen LogP contribution in [0.2, 0.25) is 0 Å². The van der Waals surface area contributed by atoms with Gasteiger partial charge in [0, 0.05) is 6.54 Å². The zero-order valence-corrected chi connectivity index (χ0v) is 9.57. The lowest BCUT2D eigenvalue weighted by Gasteiger charge is -2.05. The summed E-state index contributed by atoms with van der Waals surface area (Å²) in [6, 6.07) is 3.26. The van der Waals surface area contributed by atoms with Crippen LogP contribution in [0.5, 0.6) is 0 Å². The van der Waals surface area contributed by atoms with E-state index in [9.17, 15) is 4.79 Å². The normalized spacial score (nSPS) is 10.1. The zero-order chi connectivity index (χ0) is 11.8. The van der Waals surface area contributed by atoms with Crippen LogP contribution in [-0.4, -0.2) is 22.6 Å². The molecule has 0 fully saturated rings. The third-order valence-corrected chi connectivity index (χ3v) is 2.34. The minimum atomic E-state index is -0.991. The van der Waals surface area contributed by atoms with Crippen molar-refractivity contribution in [1.29, 1.82) is 0 Å². The smallest absolute Gasteiger partial charge is 0.354 e. The molecule has 0 bridgehead atoms. The van der Waals surface area contributed by atoms with Crippen LogP contribution in [0.3, 0.4) is 0 Å². The average Bonchev–Trinajstić information content (AvgIpc) is 2.29. The van der Waals surface area contributed by atoms with Crippen molar-refractivity contribution in [2.45, 2.75) is 32.6 Å². The number of carboxylic acid groups (broad SMARTS) is 1. The van der Waals surface area contributed by atoms with Gasteiger partial charge in [0.1, 0.15) is 5.69 Å². The molecule has 1 heterocycles. The number of hydrogen-bond donors (Lipinski definition) is 2. The van der Waals surface area contributed by atoms with Crippen LogP contribution in [-0.2, 0) is 0 Å². The van der Waals surface area contributed by atoms with Crippen LogP contribution in [0, 0.1) is 0 Å². The molecule has 0 saturated heterocycles. The Balaban J connectivity index is 2.29. The maximum atomic E-state index is 10.6. The molecule has 0 aromatic carbocycles. The van der Waals surface area contributed by atoms with E-state index in [2.05, 4.69) is 17.2 Å². The largest absolute Gasteiger partial charge is 0.477 e. The number of pyridine rings is 1. The van der Waals surface area contributed by atoms with Gasteiger partial charge in [0.15, 0.2) is 0 Å². The quantitative estimate of drug-likeness (QED) is 0.696. The third-order valence-electron chi connectivity index (χ3n) is 2.34. The number of aromatic nitrogens is 1. The van der Waals surface area contributed by atoms with E-state index >= 15 is 0 Å². The molecule has 2 N–H and O–H groups in total. The molecule has 4 heteroatoms. The van der Waals surface area contributed by atoms with Gasteiger partial charge < -0.3 is 10.4 Å². The lowest BCUT2D eigenvalue weighted by Crippen LogP contribution is -2.04. The van der Waals surface area contributed by atoms with Crippen LogP contribution < -0.4 is 5.32 Å². The van der Waals surface area contributed by atoms with Gasteiger partial charge in [-0.15, -0.1) is 0 Å². The van der Waals surface area contributed by atoms with Gasteiger partial charge in [-0.3, -0.25) is 0 Å². The molecule has 0 saturated carbocycles. The van der Waals surface area contributed by atoms with Crippen molar-refractivity contribution in [3.63, 3.8) is 0 Å². The van der Waals surface area contributed by atoms with E-state index in [1.54, 1.807) is 12.3 Å². The van der Waals surface area contributed by atoms with Gasteiger partial charge in [0.05, 0.1) is 11.9 Å². The maximum Gasteiger partial charge on any atom is 0.354 e. The minimum absolute atomic E-state index is 0.0801. The molecule has 1 rings (SSSR count). The summed E-state index contributed by atoms with van der Waals surface area (Å²) in [5, 5.41) is 11.9. The standard InChI is InChI=1S/C12H18N2O2/c1-2-3-4-5-8-13-10-6-7-11(12(15)16)14-9-10/h6-7,9,13H,2-5,8H2,1H3,(H,15,16). The molecule has 1 aromatic rings. The molecule has 1 aromatic heterocycles. The molecule has 4 nitrogen and oxygen atoms in total. The number of unbranched alkanes of at least 4 members (excludes halogenated alkanes) is 3. The Hall–Kier alpha value is -1.58. The fourth-order valence-electron chi connectivity index (χ4n) is 1.41. The van der Waals surface area contributed by atoms with Crippen molar-refractivity contribution in [2.24, 2.45) is 0 Å². The molecular weight excluding hydrogens is 204 g/mol. The number of hydrogen-bond acceptors (Lipinski definition) is 3. The van der Waals surface area contributed by atoms with Gasteiger partial charge in [-0.25, -0.2) is 9.78 Å². The first-order valence-electron chi connectivity index (χ1n) is 5.67. The highest BCUT2D eigenvalue weighted by Crippen LogP contribution is 2.07. The Bertz CT molecular complexity index is 322. The maximum absolute atomic E-state index is 10.6. The van der Waals surface area contributed by atoms with E-state index in [1.807, 2.05) is 0 Å². The molecule has 0 radical (unpaired) electrons. The number of nitrogens with one attached hydrogen (secondary N) is 1. The lowest BCUT2D eigenvalue weighted by molar-refractivity contribution is 0.0690. The number of carboxylic acids is 1. The van der Waals surface area contributed by atoms with E-state index < -0.39 is 5.97 Å². The van der Waals surface area contributed by atoms with Crippen molar-refractivity contribution in [2.75, 3.05) is 11.9 Å². The summed E-state index contributed by atoms with van der Waals surface area (Å²) >= 11 is 0. The van der Waals surface area contributed by atoms with Crippen molar-refractivity contribution < 1.29 is 9.90 Å². The van der Waals surface area contributed by atoms with Gasteiger partial charge in [0.25, 0.3) is 0 Å². The van der Waals surface area contributed by atoms with Gasteiger partial charge >= 0.3 is 5.97 Å². The van der Waals surface area contributed by atoms with Gasteiger partial charge in [-0.05, 0) is 18.6 Å². The van der Waals surface area contributed by atoms with Crippen LogP contribution in [0.25, 0.3) is 0 Å². The second-order valence-corrected chi connectivity index (χ2v) is 3.72.